The molecule has 0 amide bonds. The number of hydrogen-bond donors (Lipinski definition) is 0. The van der Waals surface area contributed by atoms with Gasteiger partial charge in [-0.15, -0.1) is 18.2 Å². The summed E-state index contributed by atoms with van der Waals surface area (Å²) in [4.78, 5) is -0.0349. The number of alkyl halides is 1. The summed E-state index contributed by atoms with van der Waals surface area (Å²) in [7, 11) is 0. The zero-order valence-electron chi connectivity index (χ0n) is 21.3. The minimum Gasteiger partial charge on any atom is -0.120 e. The molecule has 0 saturated heterocycles. The average molecular weight is 441 g/mol. The average Bonchev–Trinajstić information content (AvgIpc) is 2.70. The van der Waals surface area contributed by atoms with Crippen molar-refractivity contribution in [3.63, 3.8) is 0 Å². The Morgan fingerprint density at radius 3 is 1.27 bits per heavy atom. The third-order valence-corrected chi connectivity index (χ3v) is 7.15. The second-order valence-electron chi connectivity index (χ2n) is 10.3. The molecule has 1 unspecified atom stereocenters. The Balaban J connectivity index is 3.57. The zero-order valence-corrected chi connectivity index (χ0v) is 22.1. The lowest BCUT2D eigenvalue weighted by Gasteiger charge is -2.28. The molecular weight excluding hydrogens is 384 g/mol. The number of halogens is 1. The van der Waals surface area contributed by atoms with Crippen LogP contribution in [0.2, 0.25) is 0 Å². The Bertz CT molecular complexity index is 341. The van der Waals surface area contributed by atoms with Gasteiger partial charge in [-0.2, -0.15) is 0 Å². The highest BCUT2D eigenvalue weighted by Crippen LogP contribution is 2.33. The van der Waals surface area contributed by atoms with E-state index in [1.54, 1.807) is 0 Å². The normalized spacial score (nSPS) is 12.9. The van der Waals surface area contributed by atoms with E-state index in [0.29, 0.717) is 5.92 Å². The van der Waals surface area contributed by atoms with E-state index in [-0.39, 0.29) is 4.87 Å². The van der Waals surface area contributed by atoms with Gasteiger partial charge < -0.3 is 0 Å². The van der Waals surface area contributed by atoms with Gasteiger partial charge in [0.25, 0.3) is 0 Å². The third-order valence-electron chi connectivity index (χ3n) is 6.84. The number of hydrogen-bond acceptors (Lipinski definition) is 0. The summed E-state index contributed by atoms with van der Waals surface area (Å²) in [5, 5.41) is 0. The second kappa shape index (κ2) is 22.2. The van der Waals surface area contributed by atoms with Crippen LogP contribution in [0.4, 0.5) is 0 Å². The van der Waals surface area contributed by atoms with Gasteiger partial charge in [0.15, 0.2) is 0 Å². The fourth-order valence-electron chi connectivity index (χ4n) is 4.63. The molecule has 0 rings (SSSR count). The van der Waals surface area contributed by atoms with E-state index in [9.17, 15) is 0 Å². The molecule has 30 heavy (non-hydrogen) atoms. The second-order valence-corrected chi connectivity index (χ2v) is 11.3. The van der Waals surface area contributed by atoms with Crippen molar-refractivity contribution in [1.29, 1.82) is 0 Å². The molecule has 1 atom stereocenters. The molecule has 0 saturated carbocycles. The molecule has 0 N–H and O–H groups in total. The first-order chi connectivity index (χ1) is 14.5. The molecule has 0 spiro atoms. The Morgan fingerprint density at radius 2 is 0.933 bits per heavy atom. The van der Waals surface area contributed by atoms with Gasteiger partial charge in [-0.05, 0) is 45.4 Å². The van der Waals surface area contributed by atoms with Crippen LogP contribution in [0, 0.1) is 5.92 Å². The number of rotatable bonds is 24. The topological polar surface area (TPSA) is 0 Å². The molecule has 0 bridgehead atoms. The maximum Gasteiger partial charge on any atom is 0.0418 e. The van der Waals surface area contributed by atoms with Crippen LogP contribution >= 0.6 is 11.6 Å². The lowest BCUT2D eigenvalue weighted by atomic mass is 9.85. The van der Waals surface area contributed by atoms with E-state index >= 15 is 0 Å². The van der Waals surface area contributed by atoms with Crippen molar-refractivity contribution in [3.8, 4) is 0 Å². The third kappa shape index (κ3) is 21.3. The molecule has 0 fully saturated rings. The summed E-state index contributed by atoms with van der Waals surface area (Å²) in [5.74, 6) is 0.695. The summed E-state index contributed by atoms with van der Waals surface area (Å²) in [6.45, 7) is 10.6. The van der Waals surface area contributed by atoms with Gasteiger partial charge in [0.1, 0.15) is 0 Å². The lowest BCUT2D eigenvalue weighted by Crippen LogP contribution is -2.24. The molecule has 0 aromatic heterocycles. The van der Waals surface area contributed by atoms with Crippen molar-refractivity contribution in [2.24, 2.45) is 5.92 Å². The molecule has 180 valence electrons. The minimum atomic E-state index is -0.0349. The summed E-state index contributed by atoms with van der Waals surface area (Å²) in [6.07, 6.45) is 32.7. The zero-order chi connectivity index (χ0) is 22.3. The van der Waals surface area contributed by atoms with Crippen LogP contribution in [0.3, 0.4) is 0 Å². The van der Waals surface area contributed by atoms with Gasteiger partial charge in [-0.1, -0.05) is 129 Å². The molecule has 0 aromatic carbocycles. The molecule has 0 radical (unpaired) electrons. The lowest BCUT2D eigenvalue weighted by molar-refractivity contribution is 0.334. The summed E-state index contributed by atoms with van der Waals surface area (Å²) < 4.78 is 0. The van der Waals surface area contributed by atoms with Crippen LogP contribution in [0.1, 0.15) is 162 Å². The molecule has 1 heteroatoms. The van der Waals surface area contributed by atoms with E-state index in [1.165, 1.54) is 141 Å². The Morgan fingerprint density at radius 1 is 0.600 bits per heavy atom. The molecule has 0 aliphatic rings. The van der Waals surface area contributed by atoms with Crippen molar-refractivity contribution < 1.29 is 0 Å². The Hall–Kier alpha value is 0.0300. The maximum atomic E-state index is 6.74. The SMILES string of the molecule is C=CCCCCCCCCCCCCCC(CCCCCCCCCC)C(C)(C)Cl. The highest BCUT2D eigenvalue weighted by molar-refractivity contribution is 6.23. The van der Waals surface area contributed by atoms with Gasteiger partial charge in [0.2, 0.25) is 0 Å². The van der Waals surface area contributed by atoms with Gasteiger partial charge in [0.05, 0.1) is 0 Å². The van der Waals surface area contributed by atoms with Crippen LogP contribution < -0.4 is 0 Å². The largest absolute Gasteiger partial charge is 0.120 e. The van der Waals surface area contributed by atoms with Crippen LogP contribution in [0.25, 0.3) is 0 Å². The van der Waals surface area contributed by atoms with Crippen molar-refractivity contribution in [3.05, 3.63) is 12.7 Å². The van der Waals surface area contributed by atoms with Crippen LogP contribution in [-0.2, 0) is 0 Å². The summed E-state index contributed by atoms with van der Waals surface area (Å²) in [5.41, 5.74) is 0. The molecule has 0 heterocycles. The predicted molar refractivity (Wildman–Crippen MR) is 141 cm³/mol. The Kier molecular flexibility index (Phi) is 22.3. The van der Waals surface area contributed by atoms with Crippen LogP contribution in [0.15, 0.2) is 12.7 Å². The van der Waals surface area contributed by atoms with Gasteiger partial charge >= 0.3 is 0 Å². The maximum absolute atomic E-state index is 6.74. The molecule has 0 nitrogen and oxygen atoms in total. The van der Waals surface area contributed by atoms with Crippen molar-refractivity contribution >= 4 is 11.6 Å². The first kappa shape index (κ1) is 30.0. The molecular formula is C29H57Cl. The summed E-state index contributed by atoms with van der Waals surface area (Å²) >= 11 is 6.74. The van der Waals surface area contributed by atoms with E-state index in [0.717, 1.165) is 0 Å². The number of allylic oxidation sites excluding steroid dienone is 1. The first-order valence-electron chi connectivity index (χ1n) is 13.8. The van der Waals surface area contributed by atoms with Crippen molar-refractivity contribution in [1.82, 2.24) is 0 Å². The molecule has 0 aliphatic carbocycles. The summed E-state index contributed by atoms with van der Waals surface area (Å²) in [6, 6.07) is 0. The van der Waals surface area contributed by atoms with Crippen LogP contribution in [0.5, 0.6) is 0 Å². The van der Waals surface area contributed by atoms with E-state index in [2.05, 4.69) is 27.4 Å². The monoisotopic (exact) mass is 440 g/mol. The molecule has 0 aliphatic heterocycles. The van der Waals surface area contributed by atoms with Gasteiger partial charge in [-0.3, -0.25) is 0 Å². The first-order valence-corrected chi connectivity index (χ1v) is 14.2. The van der Waals surface area contributed by atoms with Gasteiger partial charge in [0, 0.05) is 4.87 Å². The van der Waals surface area contributed by atoms with Crippen molar-refractivity contribution in [2.45, 2.75) is 167 Å². The highest BCUT2D eigenvalue weighted by Gasteiger charge is 2.25. The van der Waals surface area contributed by atoms with Crippen molar-refractivity contribution in [2.75, 3.05) is 0 Å². The number of unbranched alkanes of at least 4 members (excludes halogenated alkanes) is 18. The van der Waals surface area contributed by atoms with Gasteiger partial charge in [-0.25, -0.2) is 0 Å². The van der Waals surface area contributed by atoms with E-state index in [1.807, 2.05) is 6.08 Å². The smallest absolute Gasteiger partial charge is 0.0418 e. The fraction of sp³-hybridized carbons (Fsp3) is 0.931. The highest BCUT2D eigenvalue weighted by atomic mass is 35.5. The van der Waals surface area contributed by atoms with E-state index < -0.39 is 0 Å². The molecule has 0 aromatic rings. The fourth-order valence-corrected chi connectivity index (χ4v) is 4.84. The quantitative estimate of drug-likeness (QED) is 0.0794. The van der Waals surface area contributed by atoms with Crippen LogP contribution in [-0.4, -0.2) is 4.87 Å². The standard InChI is InChI=1S/C29H57Cl/c1-5-7-9-11-13-15-16-17-18-19-21-23-25-27-28(29(3,4)30)26-24-22-20-14-12-10-8-6-2/h5,28H,1,6-27H2,2-4H3. The van der Waals surface area contributed by atoms with E-state index in [4.69, 9.17) is 11.6 Å². The minimum absolute atomic E-state index is 0.0349. The Labute approximate surface area is 197 Å². The predicted octanol–water partition coefficient (Wildman–Crippen LogP) is 11.4.